The van der Waals surface area contributed by atoms with Crippen molar-refractivity contribution in [2.75, 3.05) is 0 Å². The molecule has 0 saturated carbocycles. The third-order valence-corrected chi connectivity index (χ3v) is 4.20. The first-order valence-electron chi connectivity index (χ1n) is 8.08. The standard InChI is InChI=1S/C20H17FN2O2/c21-11-15-6-8-17-18(10-15)23(12-14-4-2-1-3-5-14)22-20(17)19-9-7-16(13-24)25-19/h1-10,24H,11-13H2. The van der Waals surface area contributed by atoms with Crippen molar-refractivity contribution in [3.63, 3.8) is 0 Å². The van der Waals surface area contributed by atoms with Crippen LogP contribution in [-0.4, -0.2) is 14.9 Å². The number of aliphatic hydroxyl groups excluding tert-OH is 1. The smallest absolute Gasteiger partial charge is 0.155 e. The normalized spacial score (nSPS) is 11.3. The van der Waals surface area contributed by atoms with Crippen molar-refractivity contribution < 1.29 is 13.9 Å². The Labute approximate surface area is 144 Å². The van der Waals surface area contributed by atoms with Crippen LogP contribution in [-0.2, 0) is 19.8 Å². The largest absolute Gasteiger partial charge is 0.457 e. The van der Waals surface area contributed by atoms with Gasteiger partial charge in [-0.05, 0) is 29.3 Å². The lowest BCUT2D eigenvalue weighted by molar-refractivity contribution is 0.248. The summed E-state index contributed by atoms with van der Waals surface area (Å²) in [5, 5.41) is 14.8. The average molecular weight is 336 g/mol. The van der Waals surface area contributed by atoms with Crippen LogP contribution < -0.4 is 0 Å². The van der Waals surface area contributed by atoms with Gasteiger partial charge in [-0.3, -0.25) is 4.68 Å². The minimum atomic E-state index is -0.517. The number of benzene rings is 2. The zero-order chi connectivity index (χ0) is 17.2. The molecule has 0 aliphatic carbocycles. The minimum absolute atomic E-state index is 0.158. The van der Waals surface area contributed by atoms with Gasteiger partial charge in [0.25, 0.3) is 0 Å². The molecule has 2 aromatic heterocycles. The van der Waals surface area contributed by atoms with Crippen molar-refractivity contribution in [1.82, 2.24) is 9.78 Å². The van der Waals surface area contributed by atoms with Gasteiger partial charge in [-0.2, -0.15) is 5.10 Å². The number of hydrogen-bond donors (Lipinski definition) is 1. The van der Waals surface area contributed by atoms with Gasteiger partial charge in [-0.15, -0.1) is 0 Å². The molecule has 126 valence electrons. The van der Waals surface area contributed by atoms with Gasteiger partial charge in [-0.25, -0.2) is 4.39 Å². The molecule has 0 bridgehead atoms. The maximum atomic E-state index is 13.1. The number of aromatic nitrogens is 2. The molecule has 0 saturated heterocycles. The summed E-state index contributed by atoms with van der Waals surface area (Å²) in [4.78, 5) is 0. The van der Waals surface area contributed by atoms with Crippen molar-refractivity contribution in [1.29, 1.82) is 0 Å². The molecular weight excluding hydrogens is 319 g/mol. The van der Waals surface area contributed by atoms with Crippen molar-refractivity contribution in [3.05, 3.63) is 77.6 Å². The highest BCUT2D eigenvalue weighted by Gasteiger charge is 2.16. The molecule has 25 heavy (non-hydrogen) atoms. The van der Waals surface area contributed by atoms with Gasteiger partial charge < -0.3 is 9.52 Å². The quantitative estimate of drug-likeness (QED) is 0.591. The van der Waals surface area contributed by atoms with Gasteiger partial charge in [0, 0.05) is 5.39 Å². The molecule has 0 amide bonds. The van der Waals surface area contributed by atoms with Gasteiger partial charge >= 0.3 is 0 Å². The third-order valence-electron chi connectivity index (χ3n) is 4.20. The zero-order valence-corrected chi connectivity index (χ0v) is 13.5. The number of furan rings is 1. The molecule has 4 nitrogen and oxygen atoms in total. The lowest BCUT2D eigenvalue weighted by Crippen LogP contribution is -2.01. The highest BCUT2D eigenvalue weighted by atomic mass is 19.1. The first kappa shape index (κ1) is 15.6. The molecule has 0 radical (unpaired) electrons. The lowest BCUT2D eigenvalue weighted by Gasteiger charge is -2.04. The van der Waals surface area contributed by atoms with Crippen LogP contribution in [0.2, 0.25) is 0 Å². The summed E-state index contributed by atoms with van der Waals surface area (Å²) in [5.41, 5.74) is 3.27. The van der Waals surface area contributed by atoms with E-state index in [-0.39, 0.29) is 6.61 Å². The van der Waals surface area contributed by atoms with Crippen LogP contribution in [0.1, 0.15) is 16.9 Å². The molecule has 4 rings (SSSR count). The summed E-state index contributed by atoms with van der Waals surface area (Å²) in [6.45, 7) is -0.0908. The first-order chi connectivity index (χ1) is 12.3. The van der Waals surface area contributed by atoms with Gasteiger partial charge in [0.1, 0.15) is 24.7 Å². The predicted molar refractivity (Wildman–Crippen MR) is 93.7 cm³/mol. The maximum absolute atomic E-state index is 13.1. The first-order valence-corrected chi connectivity index (χ1v) is 8.08. The predicted octanol–water partition coefficient (Wildman–Crippen LogP) is 4.31. The fourth-order valence-corrected chi connectivity index (χ4v) is 2.95. The summed E-state index contributed by atoms with van der Waals surface area (Å²) in [5.74, 6) is 1.08. The van der Waals surface area contributed by atoms with E-state index < -0.39 is 6.67 Å². The number of aliphatic hydroxyl groups is 1. The summed E-state index contributed by atoms with van der Waals surface area (Å²) < 4.78 is 20.6. The Morgan fingerprint density at radius 1 is 1.00 bits per heavy atom. The van der Waals surface area contributed by atoms with Gasteiger partial charge in [-0.1, -0.05) is 42.5 Å². The lowest BCUT2D eigenvalue weighted by atomic mass is 10.1. The van der Waals surface area contributed by atoms with Crippen LogP contribution in [0.5, 0.6) is 0 Å². The number of hydrogen-bond acceptors (Lipinski definition) is 3. The number of nitrogens with zero attached hydrogens (tertiary/aromatic N) is 2. The molecule has 2 aromatic carbocycles. The van der Waals surface area contributed by atoms with E-state index in [9.17, 15) is 9.50 Å². The second kappa shape index (κ2) is 6.53. The highest BCUT2D eigenvalue weighted by molar-refractivity contribution is 5.92. The molecule has 1 N–H and O–H groups in total. The maximum Gasteiger partial charge on any atom is 0.155 e. The van der Waals surface area contributed by atoms with E-state index in [1.807, 2.05) is 47.1 Å². The molecular formula is C20H17FN2O2. The Hall–Kier alpha value is -2.92. The van der Waals surface area contributed by atoms with Crippen LogP contribution in [0.3, 0.4) is 0 Å². The fraction of sp³-hybridized carbons (Fsp3) is 0.150. The SMILES string of the molecule is OCc1ccc(-c2nn(Cc3ccccc3)c3cc(CF)ccc23)o1. The number of halogens is 1. The van der Waals surface area contributed by atoms with Crippen molar-refractivity contribution in [2.24, 2.45) is 0 Å². The van der Waals surface area contributed by atoms with E-state index in [4.69, 9.17) is 9.52 Å². The molecule has 0 spiro atoms. The Morgan fingerprint density at radius 2 is 1.84 bits per heavy atom. The Kier molecular flexibility index (Phi) is 4.07. The van der Waals surface area contributed by atoms with E-state index in [2.05, 4.69) is 0 Å². The van der Waals surface area contributed by atoms with E-state index in [1.165, 1.54) is 0 Å². The second-order valence-electron chi connectivity index (χ2n) is 5.90. The van der Waals surface area contributed by atoms with Crippen LogP contribution in [0.25, 0.3) is 22.4 Å². The number of alkyl halides is 1. The van der Waals surface area contributed by atoms with Crippen LogP contribution in [0, 0.1) is 0 Å². The molecule has 0 unspecified atom stereocenters. The van der Waals surface area contributed by atoms with E-state index in [1.54, 1.807) is 18.2 Å². The molecule has 5 heteroatoms. The Bertz CT molecular complexity index is 1010. The van der Waals surface area contributed by atoms with Crippen LogP contribution >= 0.6 is 0 Å². The average Bonchev–Trinajstić information content (AvgIpc) is 3.27. The molecule has 4 aromatic rings. The third kappa shape index (κ3) is 2.94. The topological polar surface area (TPSA) is 51.2 Å². The van der Waals surface area contributed by atoms with Crippen LogP contribution in [0.4, 0.5) is 4.39 Å². The molecule has 2 heterocycles. The molecule has 0 fully saturated rings. The van der Waals surface area contributed by atoms with Crippen molar-refractivity contribution in [2.45, 2.75) is 19.8 Å². The zero-order valence-electron chi connectivity index (χ0n) is 13.5. The summed E-state index contributed by atoms with van der Waals surface area (Å²) in [6, 6.07) is 19.0. The van der Waals surface area contributed by atoms with E-state index in [0.717, 1.165) is 16.5 Å². The number of fused-ring (bicyclic) bond motifs is 1. The molecule has 0 aliphatic rings. The Morgan fingerprint density at radius 3 is 2.56 bits per heavy atom. The summed E-state index contributed by atoms with van der Waals surface area (Å²) >= 11 is 0. The minimum Gasteiger partial charge on any atom is -0.457 e. The summed E-state index contributed by atoms with van der Waals surface area (Å²) in [7, 11) is 0. The van der Waals surface area contributed by atoms with Gasteiger partial charge in [0.15, 0.2) is 5.76 Å². The number of rotatable bonds is 5. The van der Waals surface area contributed by atoms with Gasteiger partial charge in [0.05, 0.1) is 12.1 Å². The fourth-order valence-electron chi connectivity index (χ4n) is 2.95. The second-order valence-corrected chi connectivity index (χ2v) is 5.90. The Balaban J connectivity index is 1.86. The highest BCUT2D eigenvalue weighted by Crippen LogP contribution is 2.30. The van der Waals surface area contributed by atoms with Crippen molar-refractivity contribution >= 4 is 10.9 Å². The van der Waals surface area contributed by atoms with Crippen LogP contribution in [0.15, 0.2) is 65.1 Å². The molecule has 0 aliphatic heterocycles. The van der Waals surface area contributed by atoms with Gasteiger partial charge in [0.2, 0.25) is 0 Å². The molecule has 0 atom stereocenters. The van der Waals surface area contributed by atoms with Crippen molar-refractivity contribution in [3.8, 4) is 11.5 Å². The monoisotopic (exact) mass is 336 g/mol. The van der Waals surface area contributed by atoms with E-state index in [0.29, 0.717) is 29.3 Å². The van der Waals surface area contributed by atoms with E-state index >= 15 is 0 Å². The summed E-state index contributed by atoms with van der Waals surface area (Å²) in [6.07, 6.45) is 0.